The molecule has 0 saturated carbocycles. The van der Waals surface area contributed by atoms with Gasteiger partial charge in [0.1, 0.15) is 0 Å². The molecule has 1 aliphatic heterocycles. The van der Waals surface area contributed by atoms with E-state index in [9.17, 15) is 5.11 Å². The molecular weight excluding hydrogens is 188 g/mol. The number of aromatic nitrogens is 1. The van der Waals surface area contributed by atoms with Crippen molar-refractivity contribution in [1.82, 2.24) is 4.98 Å². The molecule has 3 heteroatoms. The molecule has 3 nitrogen and oxygen atoms in total. The maximum Gasteiger partial charge on any atom is 0.0703 e. The molecule has 2 heterocycles. The maximum atomic E-state index is 9.29. The van der Waals surface area contributed by atoms with Crippen LogP contribution in [0.1, 0.15) is 32.3 Å². The molecular formula is C12H18N2O. The van der Waals surface area contributed by atoms with Crippen LogP contribution in [0, 0.1) is 0 Å². The fourth-order valence-electron chi connectivity index (χ4n) is 2.35. The van der Waals surface area contributed by atoms with Gasteiger partial charge in [0.25, 0.3) is 0 Å². The third kappa shape index (κ3) is 1.84. The second-order valence-corrected chi connectivity index (χ2v) is 4.73. The molecule has 0 aliphatic carbocycles. The van der Waals surface area contributed by atoms with Gasteiger partial charge in [-0.1, -0.05) is 0 Å². The monoisotopic (exact) mass is 206 g/mol. The van der Waals surface area contributed by atoms with Crippen LogP contribution in [-0.4, -0.2) is 22.2 Å². The molecule has 0 radical (unpaired) electrons. The van der Waals surface area contributed by atoms with Gasteiger partial charge >= 0.3 is 0 Å². The SMILES string of the molecule is CC1(C)CCCN1c1cnccc1CO. The van der Waals surface area contributed by atoms with Gasteiger partial charge in [0.05, 0.1) is 18.5 Å². The Morgan fingerprint density at radius 1 is 1.53 bits per heavy atom. The minimum atomic E-state index is 0.0877. The number of pyridine rings is 1. The van der Waals surface area contributed by atoms with Crippen molar-refractivity contribution in [2.24, 2.45) is 0 Å². The second kappa shape index (κ2) is 3.81. The Hall–Kier alpha value is -1.09. The molecule has 15 heavy (non-hydrogen) atoms. The van der Waals surface area contributed by atoms with E-state index in [2.05, 4.69) is 23.7 Å². The fourth-order valence-corrected chi connectivity index (χ4v) is 2.35. The Morgan fingerprint density at radius 2 is 2.33 bits per heavy atom. The highest BCUT2D eigenvalue weighted by atomic mass is 16.3. The summed E-state index contributed by atoms with van der Waals surface area (Å²) in [6.07, 6.45) is 6.01. The van der Waals surface area contributed by atoms with Gasteiger partial charge in [0.2, 0.25) is 0 Å². The van der Waals surface area contributed by atoms with Crippen LogP contribution < -0.4 is 4.90 Å². The summed E-state index contributed by atoms with van der Waals surface area (Å²) in [6, 6.07) is 1.89. The molecule has 0 amide bonds. The Morgan fingerprint density at radius 3 is 2.93 bits per heavy atom. The van der Waals surface area contributed by atoms with Crippen molar-refractivity contribution in [2.75, 3.05) is 11.4 Å². The van der Waals surface area contributed by atoms with E-state index in [1.165, 1.54) is 12.8 Å². The van der Waals surface area contributed by atoms with Crippen LogP contribution in [0.2, 0.25) is 0 Å². The molecule has 0 bridgehead atoms. The van der Waals surface area contributed by atoms with E-state index >= 15 is 0 Å². The standard InChI is InChI=1S/C12H18N2O/c1-12(2)5-3-7-14(12)11-8-13-6-4-10(11)9-15/h4,6,8,15H,3,5,7,9H2,1-2H3. The molecule has 1 saturated heterocycles. The maximum absolute atomic E-state index is 9.29. The summed E-state index contributed by atoms with van der Waals surface area (Å²) >= 11 is 0. The summed E-state index contributed by atoms with van der Waals surface area (Å²) in [4.78, 5) is 6.50. The fraction of sp³-hybridized carbons (Fsp3) is 0.583. The summed E-state index contributed by atoms with van der Waals surface area (Å²) in [5.41, 5.74) is 2.25. The zero-order valence-electron chi connectivity index (χ0n) is 9.40. The van der Waals surface area contributed by atoms with Gasteiger partial charge < -0.3 is 10.0 Å². The first-order chi connectivity index (χ1) is 7.15. The predicted octanol–water partition coefficient (Wildman–Crippen LogP) is 1.95. The number of aliphatic hydroxyl groups is 1. The zero-order valence-corrected chi connectivity index (χ0v) is 9.40. The van der Waals surface area contributed by atoms with Crippen LogP contribution >= 0.6 is 0 Å². The molecule has 0 atom stereocenters. The molecule has 0 unspecified atom stereocenters. The third-order valence-electron chi connectivity index (χ3n) is 3.25. The summed E-state index contributed by atoms with van der Waals surface area (Å²) in [6.45, 7) is 5.64. The zero-order chi connectivity index (χ0) is 10.9. The lowest BCUT2D eigenvalue weighted by Gasteiger charge is -2.34. The normalized spacial score (nSPS) is 19.5. The molecule has 1 aliphatic rings. The Labute approximate surface area is 90.8 Å². The molecule has 1 fully saturated rings. The highest BCUT2D eigenvalue weighted by Gasteiger charge is 2.32. The molecule has 0 aromatic carbocycles. The lowest BCUT2D eigenvalue weighted by Crippen LogP contribution is -2.38. The van der Waals surface area contributed by atoms with Crippen molar-refractivity contribution in [3.8, 4) is 0 Å². The molecule has 2 rings (SSSR count). The quantitative estimate of drug-likeness (QED) is 0.803. The number of aliphatic hydroxyl groups excluding tert-OH is 1. The van der Waals surface area contributed by atoms with Crippen LogP contribution in [0.15, 0.2) is 18.5 Å². The Bertz CT molecular complexity index is 349. The van der Waals surface area contributed by atoms with Crippen molar-refractivity contribution in [3.63, 3.8) is 0 Å². The second-order valence-electron chi connectivity index (χ2n) is 4.73. The molecule has 0 spiro atoms. The molecule has 1 aromatic rings. The molecule has 82 valence electrons. The summed E-state index contributed by atoms with van der Waals surface area (Å²) in [5, 5.41) is 9.29. The van der Waals surface area contributed by atoms with E-state index in [0.717, 1.165) is 17.8 Å². The first kappa shape index (κ1) is 10.4. The lowest BCUT2D eigenvalue weighted by atomic mass is 10.0. The van der Waals surface area contributed by atoms with Gasteiger partial charge in [0.15, 0.2) is 0 Å². The topological polar surface area (TPSA) is 36.4 Å². The third-order valence-corrected chi connectivity index (χ3v) is 3.25. The van der Waals surface area contributed by atoms with Crippen LogP contribution in [0.3, 0.4) is 0 Å². The van der Waals surface area contributed by atoms with Crippen molar-refractivity contribution >= 4 is 5.69 Å². The number of hydrogen-bond acceptors (Lipinski definition) is 3. The van der Waals surface area contributed by atoms with E-state index in [-0.39, 0.29) is 12.1 Å². The van der Waals surface area contributed by atoms with Gasteiger partial charge in [-0.2, -0.15) is 0 Å². The van der Waals surface area contributed by atoms with Crippen LogP contribution in [0.5, 0.6) is 0 Å². The highest BCUT2D eigenvalue weighted by molar-refractivity contribution is 5.54. The van der Waals surface area contributed by atoms with E-state index in [1.54, 1.807) is 6.20 Å². The van der Waals surface area contributed by atoms with Crippen molar-refractivity contribution < 1.29 is 5.11 Å². The van der Waals surface area contributed by atoms with Crippen LogP contribution in [-0.2, 0) is 6.61 Å². The summed E-state index contributed by atoms with van der Waals surface area (Å²) in [7, 11) is 0. The number of anilines is 1. The van der Waals surface area contributed by atoms with Crippen LogP contribution in [0.25, 0.3) is 0 Å². The van der Waals surface area contributed by atoms with E-state index in [4.69, 9.17) is 0 Å². The van der Waals surface area contributed by atoms with Gasteiger partial charge in [0, 0.05) is 23.8 Å². The first-order valence-electron chi connectivity index (χ1n) is 5.46. The highest BCUT2D eigenvalue weighted by Crippen LogP contribution is 2.34. The first-order valence-corrected chi connectivity index (χ1v) is 5.46. The lowest BCUT2D eigenvalue weighted by molar-refractivity contribution is 0.281. The molecule has 1 N–H and O–H groups in total. The number of hydrogen-bond donors (Lipinski definition) is 1. The average molecular weight is 206 g/mol. The number of nitrogens with zero attached hydrogens (tertiary/aromatic N) is 2. The van der Waals surface area contributed by atoms with E-state index in [0.29, 0.717) is 0 Å². The van der Waals surface area contributed by atoms with Crippen molar-refractivity contribution in [3.05, 3.63) is 24.0 Å². The largest absolute Gasteiger partial charge is 0.392 e. The van der Waals surface area contributed by atoms with E-state index in [1.807, 2.05) is 12.3 Å². The van der Waals surface area contributed by atoms with Crippen LogP contribution in [0.4, 0.5) is 5.69 Å². The minimum Gasteiger partial charge on any atom is -0.392 e. The van der Waals surface area contributed by atoms with Gasteiger partial charge in [-0.15, -0.1) is 0 Å². The number of rotatable bonds is 2. The van der Waals surface area contributed by atoms with E-state index < -0.39 is 0 Å². The van der Waals surface area contributed by atoms with Crippen molar-refractivity contribution in [2.45, 2.75) is 38.8 Å². The smallest absolute Gasteiger partial charge is 0.0703 e. The Balaban J connectivity index is 2.36. The summed E-state index contributed by atoms with van der Waals surface area (Å²) < 4.78 is 0. The summed E-state index contributed by atoms with van der Waals surface area (Å²) in [5.74, 6) is 0. The molecule has 1 aromatic heterocycles. The minimum absolute atomic E-state index is 0.0877. The van der Waals surface area contributed by atoms with Crippen molar-refractivity contribution in [1.29, 1.82) is 0 Å². The van der Waals surface area contributed by atoms with Gasteiger partial charge in [-0.05, 0) is 32.8 Å². The van der Waals surface area contributed by atoms with Gasteiger partial charge in [-0.3, -0.25) is 4.98 Å². The van der Waals surface area contributed by atoms with Gasteiger partial charge in [-0.25, -0.2) is 0 Å². The Kier molecular flexibility index (Phi) is 2.65. The predicted molar refractivity (Wildman–Crippen MR) is 60.8 cm³/mol. The average Bonchev–Trinajstić information content (AvgIpc) is 2.58.